The Hall–Kier alpha value is -1.37. The van der Waals surface area contributed by atoms with Gasteiger partial charge in [-0.25, -0.2) is 0 Å². The zero-order valence-corrected chi connectivity index (χ0v) is 12.0. The van der Waals surface area contributed by atoms with Gasteiger partial charge in [0.05, 0.1) is 0 Å². The quantitative estimate of drug-likeness (QED) is 0.395. The molecule has 0 saturated heterocycles. The van der Waals surface area contributed by atoms with Crippen LogP contribution in [0.2, 0.25) is 0 Å². The van der Waals surface area contributed by atoms with E-state index in [1.807, 2.05) is 6.08 Å². The molecule has 0 unspecified atom stereocenters. The van der Waals surface area contributed by atoms with Gasteiger partial charge in [-0.15, -0.1) is 0 Å². The molecule has 0 aromatic carbocycles. The lowest BCUT2D eigenvalue weighted by atomic mass is 9.72. The van der Waals surface area contributed by atoms with Crippen LogP contribution in [0.25, 0.3) is 0 Å². The Balaban J connectivity index is 2.85. The van der Waals surface area contributed by atoms with Crippen molar-refractivity contribution < 1.29 is 4.79 Å². The fourth-order valence-corrected chi connectivity index (χ4v) is 2.53. The highest BCUT2D eigenvalue weighted by molar-refractivity contribution is 5.65. The van der Waals surface area contributed by atoms with Gasteiger partial charge in [0.25, 0.3) is 0 Å². The summed E-state index contributed by atoms with van der Waals surface area (Å²) in [5.41, 5.74) is 4.44. The van der Waals surface area contributed by atoms with Gasteiger partial charge in [0.1, 0.15) is 6.29 Å². The maximum absolute atomic E-state index is 10.2. The van der Waals surface area contributed by atoms with E-state index in [0.29, 0.717) is 0 Å². The van der Waals surface area contributed by atoms with Gasteiger partial charge in [0, 0.05) is 0 Å². The van der Waals surface area contributed by atoms with Gasteiger partial charge in [0.2, 0.25) is 0 Å². The Kier molecular flexibility index (Phi) is 5.33. The first-order chi connectivity index (χ1) is 8.47. The Bertz CT molecular complexity index is 417. The van der Waals surface area contributed by atoms with Crippen molar-refractivity contribution in [3.63, 3.8) is 0 Å². The molecule has 0 aromatic heterocycles. The summed E-state index contributed by atoms with van der Waals surface area (Å²) in [5, 5.41) is 0. The Labute approximate surface area is 111 Å². The van der Waals surface area contributed by atoms with Crippen LogP contribution < -0.4 is 0 Å². The average molecular weight is 244 g/mol. The molecule has 0 saturated carbocycles. The third kappa shape index (κ3) is 4.14. The number of carbonyl (C=O) groups is 1. The van der Waals surface area contributed by atoms with Crippen LogP contribution in [0.3, 0.4) is 0 Å². The van der Waals surface area contributed by atoms with E-state index in [-0.39, 0.29) is 5.41 Å². The molecule has 18 heavy (non-hydrogen) atoms. The molecule has 1 aliphatic carbocycles. The fourth-order valence-electron chi connectivity index (χ4n) is 2.53. The zero-order chi connectivity index (χ0) is 13.6. The minimum atomic E-state index is 0.289. The second kappa shape index (κ2) is 6.53. The SMILES string of the molecule is CC1=C(/C=C/C(C)=C/C=C/C=O)C(C)(C)CCC1. The molecule has 0 spiro atoms. The molecule has 1 aliphatic rings. The average Bonchev–Trinajstić information content (AvgIpc) is 2.28. The van der Waals surface area contributed by atoms with Gasteiger partial charge in [-0.05, 0) is 50.2 Å². The van der Waals surface area contributed by atoms with Crippen LogP contribution in [0.4, 0.5) is 0 Å². The molecule has 1 nitrogen and oxygen atoms in total. The highest BCUT2D eigenvalue weighted by Crippen LogP contribution is 2.40. The van der Waals surface area contributed by atoms with Crippen LogP contribution in [-0.4, -0.2) is 6.29 Å². The highest BCUT2D eigenvalue weighted by atomic mass is 16.1. The summed E-state index contributed by atoms with van der Waals surface area (Å²) in [6, 6.07) is 0. The lowest BCUT2D eigenvalue weighted by molar-refractivity contribution is -0.104. The number of hydrogen-bond acceptors (Lipinski definition) is 1. The molecule has 0 bridgehead atoms. The van der Waals surface area contributed by atoms with Crippen molar-refractivity contribution in [2.75, 3.05) is 0 Å². The second-order valence-corrected chi connectivity index (χ2v) is 5.70. The van der Waals surface area contributed by atoms with E-state index in [4.69, 9.17) is 0 Å². The molecule has 0 radical (unpaired) electrons. The van der Waals surface area contributed by atoms with Crippen LogP contribution in [0, 0.1) is 5.41 Å². The van der Waals surface area contributed by atoms with Crippen LogP contribution in [0.5, 0.6) is 0 Å². The lowest BCUT2D eigenvalue weighted by Crippen LogP contribution is -2.19. The number of carbonyl (C=O) groups excluding carboxylic acids is 1. The van der Waals surface area contributed by atoms with Gasteiger partial charge in [-0.3, -0.25) is 4.79 Å². The van der Waals surface area contributed by atoms with E-state index in [1.54, 1.807) is 6.08 Å². The van der Waals surface area contributed by atoms with Crippen LogP contribution in [0.1, 0.15) is 47.0 Å². The molecular formula is C17H24O. The van der Waals surface area contributed by atoms with Gasteiger partial charge in [0.15, 0.2) is 0 Å². The van der Waals surface area contributed by atoms with Crippen molar-refractivity contribution >= 4 is 6.29 Å². The topological polar surface area (TPSA) is 17.1 Å². The van der Waals surface area contributed by atoms with Crippen molar-refractivity contribution in [2.24, 2.45) is 5.41 Å². The molecule has 0 fully saturated rings. The highest BCUT2D eigenvalue weighted by Gasteiger charge is 2.26. The summed E-state index contributed by atoms with van der Waals surface area (Å²) in [7, 11) is 0. The largest absolute Gasteiger partial charge is 0.299 e. The molecule has 0 atom stereocenters. The molecule has 0 aliphatic heterocycles. The van der Waals surface area contributed by atoms with Crippen molar-refractivity contribution in [1.29, 1.82) is 0 Å². The number of rotatable bonds is 4. The summed E-state index contributed by atoms with van der Waals surface area (Å²) in [4.78, 5) is 10.2. The molecule has 0 N–H and O–H groups in total. The summed E-state index contributed by atoms with van der Waals surface area (Å²) in [6.07, 6.45) is 14.2. The Morgan fingerprint density at radius 2 is 2.00 bits per heavy atom. The van der Waals surface area contributed by atoms with Gasteiger partial charge >= 0.3 is 0 Å². The third-order valence-electron chi connectivity index (χ3n) is 3.60. The molecule has 0 aromatic rings. The van der Waals surface area contributed by atoms with E-state index < -0.39 is 0 Å². The van der Waals surface area contributed by atoms with Gasteiger partial charge < -0.3 is 0 Å². The minimum Gasteiger partial charge on any atom is -0.299 e. The van der Waals surface area contributed by atoms with E-state index in [1.165, 1.54) is 36.5 Å². The smallest absolute Gasteiger partial charge is 0.142 e. The third-order valence-corrected chi connectivity index (χ3v) is 3.60. The second-order valence-electron chi connectivity index (χ2n) is 5.70. The summed E-state index contributed by atoms with van der Waals surface area (Å²) >= 11 is 0. The maximum Gasteiger partial charge on any atom is 0.142 e. The predicted molar refractivity (Wildman–Crippen MR) is 78.4 cm³/mol. The lowest BCUT2D eigenvalue weighted by Gasteiger charge is -2.32. The molecule has 98 valence electrons. The first-order valence-electron chi connectivity index (χ1n) is 6.64. The van der Waals surface area contributed by atoms with Crippen molar-refractivity contribution in [3.8, 4) is 0 Å². The van der Waals surface area contributed by atoms with E-state index in [2.05, 4.69) is 39.8 Å². The molecular weight excluding hydrogens is 220 g/mol. The number of aldehydes is 1. The van der Waals surface area contributed by atoms with Crippen LogP contribution >= 0.6 is 0 Å². The standard InChI is InChI=1S/C17H24O/c1-14(8-5-6-13-18)10-11-16-15(2)9-7-12-17(16,3)4/h5-6,8,10-11,13H,7,9,12H2,1-4H3/b6-5+,11-10+,14-8+. The van der Waals surface area contributed by atoms with E-state index in [9.17, 15) is 4.79 Å². The Morgan fingerprint density at radius 1 is 1.28 bits per heavy atom. The molecule has 0 amide bonds. The van der Waals surface area contributed by atoms with Crippen LogP contribution in [0.15, 0.2) is 47.1 Å². The first-order valence-corrected chi connectivity index (χ1v) is 6.64. The minimum absolute atomic E-state index is 0.289. The normalized spacial score (nSPS) is 21.0. The molecule has 1 heteroatoms. The molecule has 1 rings (SSSR count). The number of allylic oxidation sites excluding steroid dienone is 8. The molecule has 0 heterocycles. The predicted octanol–water partition coefficient (Wildman–Crippen LogP) is 4.77. The summed E-state index contributed by atoms with van der Waals surface area (Å²) in [6.45, 7) is 8.94. The van der Waals surface area contributed by atoms with Gasteiger partial charge in [-0.2, -0.15) is 0 Å². The fraction of sp³-hybridized carbons (Fsp3) is 0.471. The Morgan fingerprint density at radius 3 is 2.61 bits per heavy atom. The summed E-state index contributed by atoms with van der Waals surface area (Å²) in [5.74, 6) is 0. The summed E-state index contributed by atoms with van der Waals surface area (Å²) < 4.78 is 0. The van der Waals surface area contributed by atoms with E-state index >= 15 is 0 Å². The van der Waals surface area contributed by atoms with Crippen molar-refractivity contribution in [1.82, 2.24) is 0 Å². The first kappa shape index (κ1) is 14.7. The monoisotopic (exact) mass is 244 g/mol. The van der Waals surface area contributed by atoms with Gasteiger partial charge in [-0.1, -0.05) is 49.3 Å². The maximum atomic E-state index is 10.2. The van der Waals surface area contributed by atoms with Crippen molar-refractivity contribution in [2.45, 2.75) is 47.0 Å². The van der Waals surface area contributed by atoms with Crippen molar-refractivity contribution in [3.05, 3.63) is 47.1 Å². The number of hydrogen-bond donors (Lipinski definition) is 0. The van der Waals surface area contributed by atoms with Crippen LogP contribution in [-0.2, 0) is 4.79 Å². The van der Waals surface area contributed by atoms with E-state index in [0.717, 1.165) is 11.9 Å². The zero-order valence-electron chi connectivity index (χ0n) is 12.0.